The van der Waals surface area contributed by atoms with Gasteiger partial charge < -0.3 is 11.1 Å². The molecular formula is C15H30ClN3O3S. The van der Waals surface area contributed by atoms with Crippen molar-refractivity contribution in [3.8, 4) is 0 Å². The van der Waals surface area contributed by atoms with Gasteiger partial charge in [-0.25, -0.2) is 8.42 Å². The van der Waals surface area contributed by atoms with Crippen molar-refractivity contribution in [3.05, 3.63) is 0 Å². The highest BCUT2D eigenvalue weighted by Gasteiger charge is 2.38. The molecule has 136 valence electrons. The van der Waals surface area contributed by atoms with E-state index in [4.69, 9.17) is 5.73 Å². The molecule has 3 N–H and O–H groups in total. The van der Waals surface area contributed by atoms with E-state index in [9.17, 15) is 13.2 Å². The summed E-state index contributed by atoms with van der Waals surface area (Å²) in [6, 6.07) is -0.129. The number of hydrogen-bond acceptors (Lipinski definition) is 4. The lowest BCUT2D eigenvalue weighted by molar-refractivity contribution is -0.125. The van der Waals surface area contributed by atoms with Gasteiger partial charge in [-0.05, 0) is 44.9 Å². The third kappa shape index (κ3) is 5.59. The maximum absolute atomic E-state index is 12.5. The topological polar surface area (TPSA) is 92.5 Å². The van der Waals surface area contributed by atoms with Gasteiger partial charge in [-0.2, -0.15) is 4.31 Å². The second-order valence-electron chi connectivity index (χ2n) is 6.56. The van der Waals surface area contributed by atoms with Crippen molar-refractivity contribution in [2.45, 2.75) is 76.4 Å². The predicted molar refractivity (Wildman–Crippen MR) is 94.0 cm³/mol. The Hall–Kier alpha value is -0.370. The Balaban J connectivity index is 0.00000264. The molecule has 1 heterocycles. The molecule has 23 heavy (non-hydrogen) atoms. The van der Waals surface area contributed by atoms with Gasteiger partial charge in [-0.1, -0.05) is 13.3 Å². The van der Waals surface area contributed by atoms with Gasteiger partial charge in [0.05, 0.1) is 5.75 Å². The Bertz CT molecular complexity index is 478. The van der Waals surface area contributed by atoms with E-state index in [1.807, 2.05) is 6.92 Å². The minimum atomic E-state index is -3.31. The molecule has 0 bridgehead atoms. The molecule has 0 aromatic heterocycles. The molecule has 0 aromatic rings. The highest BCUT2D eigenvalue weighted by Crippen LogP contribution is 2.23. The van der Waals surface area contributed by atoms with Gasteiger partial charge in [-0.15, -0.1) is 12.4 Å². The quantitative estimate of drug-likeness (QED) is 0.741. The van der Waals surface area contributed by atoms with Gasteiger partial charge in [0.25, 0.3) is 0 Å². The van der Waals surface area contributed by atoms with E-state index in [2.05, 4.69) is 5.32 Å². The van der Waals surface area contributed by atoms with E-state index in [1.165, 1.54) is 4.31 Å². The normalized spacial score (nSPS) is 29.0. The molecule has 2 fully saturated rings. The van der Waals surface area contributed by atoms with E-state index >= 15 is 0 Å². The van der Waals surface area contributed by atoms with Crippen LogP contribution >= 0.6 is 12.4 Å². The summed E-state index contributed by atoms with van der Waals surface area (Å²) in [7, 11) is -3.31. The van der Waals surface area contributed by atoms with Crippen LogP contribution < -0.4 is 11.1 Å². The van der Waals surface area contributed by atoms with Gasteiger partial charge in [0, 0.05) is 18.6 Å². The fraction of sp³-hybridized carbons (Fsp3) is 0.933. The van der Waals surface area contributed by atoms with Gasteiger partial charge in [-0.3, -0.25) is 4.79 Å². The Morgan fingerprint density at radius 3 is 2.48 bits per heavy atom. The number of amides is 1. The molecule has 2 rings (SSSR count). The van der Waals surface area contributed by atoms with Crippen LogP contribution in [0.2, 0.25) is 0 Å². The van der Waals surface area contributed by atoms with Gasteiger partial charge in [0.15, 0.2) is 0 Å². The van der Waals surface area contributed by atoms with Crippen molar-refractivity contribution in [1.29, 1.82) is 0 Å². The van der Waals surface area contributed by atoms with Gasteiger partial charge in [0.2, 0.25) is 15.9 Å². The smallest absolute Gasteiger partial charge is 0.238 e. The zero-order valence-electron chi connectivity index (χ0n) is 13.9. The molecule has 2 aliphatic rings. The van der Waals surface area contributed by atoms with Crippen LogP contribution in [0.1, 0.15) is 58.3 Å². The van der Waals surface area contributed by atoms with E-state index in [0.29, 0.717) is 19.4 Å². The summed E-state index contributed by atoms with van der Waals surface area (Å²) in [5.41, 5.74) is 5.88. The summed E-state index contributed by atoms with van der Waals surface area (Å²) >= 11 is 0. The standard InChI is InChI=1S/C15H29N3O3S.ClH/c1-2-3-11-22(20,21)18-10-4-5-14(18)15(19)17-13-8-6-12(16)7-9-13;/h12-14H,2-11,16H2,1H3,(H,17,19);1H. The molecule has 1 aliphatic carbocycles. The summed E-state index contributed by atoms with van der Waals surface area (Å²) < 4.78 is 26.2. The monoisotopic (exact) mass is 367 g/mol. The summed E-state index contributed by atoms with van der Waals surface area (Å²) in [5, 5.41) is 3.04. The summed E-state index contributed by atoms with van der Waals surface area (Å²) in [6.45, 7) is 2.44. The van der Waals surface area contributed by atoms with Crippen LogP contribution in [0, 0.1) is 0 Å². The van der Waals surface area contributed by atoms with Crippen molar-refractivity contribution in [2.75, 3.05) is 12.3 Å². The van der Waals surface area contributed by atoms with Crippen molar-refractivity contribution in [3.63, 3.8) is 0 Å². The first kappa shape index (κ1) is 20.7. The predicted octanol–water partition coefficient (Wildman–Crippen LogP) is 1.39. The van der Waals surface area contributed by atoms with Crippen LogP contribution in [0.15, 0.2) is 0 Å². The molecule has 6 nitrogen and oxygen atoms in total. The summed E-state index contributed by atoms with van der Waals surface area (Å²) in [6.07, 6.45) is 6.51. The Kier molecular flexibility index (Phi) is 8.27. The van der Waals surface area contributed by atoms with E-state index in [0.717, 1.165) is 38.5 Å². The molecule has 1 atom stereocenters. The van der Waals surface area contributed by atoms with Crippen LogP contribution in [-0.2, 0) is 14.8 Å². The number of nitrogens with one attached hydrogen (secondary N) is 1. The van der Waals surface area contributed by atoms with Crippen LogP contribution in [0.25, 0.3) is 0 Å². The number of nitrogens with two attached hydrogens (primary N) is 1. The van der Waals surface area contributed by atoms with Crippen LogP contribution in [0.4, 0.5) is 0 Å². The number of nitrogens with zero attached hydrogens (tertiary/aromatic N) is 1. The molecule has 1 amide bonds. The minimum Gasteiger partial charge on any atom is -0.352 e. The molecule has 1 aliphatic heterocycles. The summed E-state index contributed by atoms with van der Waals surface area (Å²) in [4.78, 5) is 12.5. The lowest BCUT2D eigenvalue weighted by atomic mass is 9.91. The maximum Gasteiger partial charge on any atom is 0.238 e. The SMILES string of the molecule is CCCCS(=O)(=O)N1CCCC1C(=O)NC1CCC(N)CC1.Cl. The van der Waals surface area contributed by atoms with Crippen LogP contribution in [-0.4, -0.2) is 49.1 Å². The molecule has 1 saturated carbocycles. The Morgan fingerprint density at radius 2 is 1.87 bits per heavy atom. The molecule has 1 unspecified atom stereocenters. The minimum absolute atomic E-state index is 0. The van der Waals surface area contributed by atoms with Crippen molar-refractivity contribution < 1.29 is 13.2 Å². The largest absolute Gasteiger partial charge is 0.352 e. The summed E-state index contributed by atoms with van der Waals surface area (Å²) in [5.74, 6) is 0.0176. The zero-order chi connectivity index (χ0) is 16.2. The third-order valence-corrected chi connectivity index (χ3v) is 6.69. The van der Waals surface area contributed by atoms with Crippen LogP contribution in [0.5, 0.6) is 0 Å². The highest BCUT2D eigenvalue weighted by atomic mass is 35.5. The number of rotatable bonds is 6. The first-order valence-electron chi connectivity index (χ1n) is 8.49. The number of carbonyl (C=O) groups is 1. The second-order valence-corrected chi connectivity index (χ2v) is 8.60. The fourth-order valence-electron chi connectivity index (χ4n) is 3.34. The lowest BCUT2D eigenvalue weighted by Crippen LogP contribution is -2.50. The first-order valence-corrected chi connectivity index (χ1v) is 10.1. The second kappa shape index (κ2) is 9.20. The molecule has 8 heteroatoms. The van der Waals surface area contributed by atoms with Crippen molar-refractivity contribution >= 4 is 28.3 Å². The van der Waals surface area contributed by atoms with E-state index in [-0.39, 0.29) is 36.2 Å². The number of hydrogen-bond donors (Lipinski definition) is 2. The number of unbranched alkanes of at least 4 members (excludes halogenated alkanes) is 1. The van der Waals surface area contributed by atoms with E-state index < -0.39 is 16.1 Å². The van der Waals surface area contributed by atoms with Gasteiger partial charge in [0.1, 0.15) is 6.04 Å². The zero-order valence-corrected chi connectivity index (χ0v) is 15.5. The molecular weight excluding hydrogens is 338 g/mol. The van der Waals surface area contributed by atoms with E-state index in [1.54, 1.807) is 0 Å². The highest BCUT2D eigenvalue weighted by molar-refractivity contribution is 7.89. The fourth-order valence-corrected chi connectivity index (χ4v) is 5.22. The first-order chi connectivity index (χ1) is 10.4. The molecule has 0 spiro atoms. The lowest BCUT2D eigenvalue weighted by Gasteiger charge is -2.29. The van der Waals surface area contributed by atoms with Crippen molar-refractivity contribution in [1.82, 2.24) is 9.62 Å². The third-order valence-electron chi connectivity index (χ3n) is 4.74. The maximum atomic E-state index is 12.5. The Morgan fingerprint density at radius 1 is 1.22 bits per heavy atom. The van der Waals surface area contributed by atoms with Crippen LogP contribution in [0.3, 0.4) is 0 Å². The van der Waals surface area contributed by atoms with Gasteiger partial charge >= 0.3 is 0 Å². The molecule has 0 aromatic carbocycles. The number of sulfonamides is 1. The average molecular weight is 368 g/mol. The van der Waals surface area contributed by atoms with Crippen molar-refractivity contribution in [2.24, 2.45) is 5.73 Å². The number of halogens is 1. The molecule has 0 radical (unpaired) electrons. The molecule has 1 saturated heterocycles. The average Bonchev–Trinajstić information content (AvgIpc) is 2.98. The Labute approximate surface area is 146 Å². The number of carbonyl (C=O) groups excluding carboxylic acids is 1.